The van der Waals surface area contributed by atoms with Crippen molar-refractivity contribution in [2.45, 2.75) is 38.5 Å². The van der Waals surface area contributed by atoms with Crippen LogP contribution in [0.1, 0.15) is 44.2 Å². The van der Waals surface area contributed by atoms with Crippen LogP contribution in [-0.4, -0.2) is 22.2 Å². The number of hydrogen-bond donors (Lipinski definition) is 3. The smallest absolute Gasteiger partial charge is 0.313 e. The lowest BCUT2D eigenvalue weighted by Crippen LogP contribution is -2.31. The molecule has 0 aliphatic rings. The van der Waals surface area contributed by atoms with E-state index in [2.05, 4.69) is 0 Å². The third-order valence-electron chi connectivity index (χ3n) is 4.63. The quantitative estimate of drug-likeness (QED) is 0.401. The lowest BCUT2D eigenvalue weighted by Gasteiger charge is -2.23. The van der Waals surface area contributed by atoms with E-state index >= 15 is 0 Å². The molecule has 0 bridgehead atoms. The van der Waals surface area contributed by atoms with Gasteiger partial charge in [-0.05, 0) is 78.3 Å². The van der Waals surface area contributed by atoms with Gasteiger partial charge in [-0.25, -0.2) is 8.78 Å². The third kappa shape index (κ3) is 5.63. The van der Waals surface area contributed by atoms with Gasteiger partial charge in [0.25, 0.3) is 0 Å². The fourth-order valence-electron chi connectivity index (χ4n) is 2.27. The van der Waals surface area contributed by atoms with Crippen LogP contribution in [-0.2, 0) is 15.0 Å². The maximum absolute atomic E-state index is 13.2. The van der Waals surface area contributed by atoms with Gasteiger partial charge in [-0.15, -0.1) is 0 Å². The molecule has 8 heteroatoms. The molecule has 5 nitrogen and oxygen atoms in total. The average molecular weight is 505 g/mol. The molecule has 28 heavy (non-hydrogen) atoms. The van der Waals surface area contributed by atoms with Gasteiger partial charge in [-0.3, -0.25) is 9.59 Å². The molecule has 4 N–H and O–H groups in total. The van der Waals surface area contributed by atoms with Crippen molar-refractivity contribution in [3.63, 3.8) is 0 Å². The Balaban J connectivity index is 0.000000283. The van der Waals surface area contributed by atoms with Gasteiger partial charge in [-0.1, -0.05) is 19.1 Å². The highest BCUT2D eigenvalue weighted by molar-refractivity contribution is 14.1. The number of hydrogen-bond acceptors (Lipinski definition) is 3. The summed E-state index contributed by atoms with van der Waals surface area (Å²) in [5, 5.41) is 17.8. The molecular weight excluding hydrogens is 483 g/mol. The van der Waals surface area contributed by atoms with Crippen LogP contribution in [0.3, 0.4) is 0 Å². The number of carboxylic acid groups (broad SMARTS) is 2. The molecule has 0 aromatic heterocycles. The van der Waals surface area contributed by atoms with Crippen molar-refractivity contribution in [1.29, 1.82) is 0 Å². The van der Waals surface area contributed by atoms with Crippen LogP contribution >= 0.6 is 22.6 Å². The summed E-state index contributed by atoms with van der Waals surface area (Å²) in [5.41, 5.74) is 5.22. The van der Waals surface area contributed by atoms with Crippen molar-refractivity contribution < 1.29 is 28.6 Å². The Bertz CT molecular complexity index is 875. The Morgan fingerprint density at radius 2 is 1.75 bits per heavy atom. The Hall–Kier alpha value is -2.23. The molecule has 0 aliphatic carbocycles. The van der Waals surface area contributed by atoms with Crippen LogP contribution in [0.5, 0.6) is 0 Å². The number of nitrogens with two attached hydrogens (primary N) is 1. The van der Waals surface area contributed by atoms with E-state index in [4.69, 9.17) is 15.9 Å². The number of halogens is 3. The van der Waals surface area contributed by atoms with Gasteiger partial charge in [0.2, 0.25) is 0 Å². The zero-order valence-corrected chi connectivity index (χ0v) is 17.8. The molecule has 0 saturated heterocycles. The minimum Gasteiger partial charge on any atom is -0.481 e. The van der Waals surface area contributed by atoms with E-state index in [-0.39, 0.29) is 11.5 Å². The summed E-state index contributed by atoms with van der Waals surface area (Å²) in [6, 6.07) is 8.60. The first kappa shape index (κ1) is 23.8. The Morgan fingerprint density at radius 3 is 2.18 bits per heavy atom. The molecule has 0 aliphatic heterocycles. The largest absolute Gasteiger partial charge is 0.481 e. The summed E-state index contributed by atoms with van der Waals surface area (Å²) in [6.45, 7) is 4.85. The zero-order valence-electron chi connectivity index (χ0n) is 15.7. The second kappa shape index (κ2) is 9.81. The Kier molecular flexibility index (Phi) is 8.34. The summed E-state index contributed by atoms with van der Waals surface area (Å²) < 4.78 is 26.7. The first-order chi connectivity index (χ1) is 12.9. The summed E-state index contributed by atoms with van der Waals surface area (Å²) in [6.07, 6.45) is 0.395. The Morgan fingerprint density at radius 1 is 1.14 bits per heavy atom. The van der Waals surface area contributed by atoms with E-state index in [0.29, 0.717) is 21.1 Å². The van der Waals surface area contributed by atoms with Crippen LogP contribution in [0.25, 0.3) is 0 Å². The molecular formula is C20H22F2INO4. The molecule has 0 heterocycles. The van der Waals surface area contributed by atoms with Gasteiger partial charge in [0.1, 0.15) is 11.6 Å². The molecule has 0 amide bonds. The topological polar surface area (TPSA) is 101 Å². The lowest BCUT2D eigenvalue weighted by atomic mass is 9.80. The molecule has 0 saturated carbocycles. The van der Waals surface area contributed by atoms with Crippen LogP contribution < -0.4 is 5.73 Å². The van der Waals surface area contributed by atoms with Crippen LogP contribution in [0.15, 0.2) is 36.4 Å². The van der Waals surface area contributed by atoms with E-state index in [0.717, 1.165) is 0 Å². The summed E-state index contributed by atoms with van der Waals surface area (Å²) in [7, 11) is 0. The Labute approximate surface area is 175 Å². The number of benzene rings is 2. The van der Waals surface area contributed by atoms with Crippen molar-refractivity contribution in [2.75, 3.05) is 5.73 Å². The highest BCUT2D eigenvalue weighted by Gasteiger charge is 2.33. The maximum Gasteiger partial charge on any atom is 0.313 e. The number of carbonyl (C=O) groups is 2. The maximum atomic E-state index is 13.2. The van der Waals surface area contributed by atoms with Gasteiger partial charge < -0.3 is 15.9 Å². The number of nitrogen functional groups attached to an aromatic ring is 1. The van der Waals surface area contributed by atoms with Gasteiger partial charge in [-0.2, -0.15) is 0 Å². The second-order valence-corrected chi connectivity index (χ2v) is 7.62. The van der Waals surface area contributed by atoms with Crippen LogP contribution in [0.2, 0.25) is 0 Å². The zero-order chi connectivity index (χ0) is 21.6. The normalized spacial score (nSPS) is 13.6. The number of rotatable bonds is 5. The van der Waals surface area contributed by atoms with Gasteiger partial charge in [0, 0.05) is 3.57 Å². The highest BCUT2D eigenvalue weighted by Crippen LogP contribution is 2.29. The molecule has 2 aromatic carbocycles. The minimum atomic E-state index is -1.06. The molecule has 0 radical (unpaired) electrons. The van der Waals surface area contributed by atoms with E-state index in [9.17, 15) is 18.4 Å². The van der Waals surface area contributed by atoms with Gasteiger partial charge >= 0.3 is 11.9 Å². The lowest BCUT2D eigenvalue weighted by molar-refractivity contribution is -0.143. The summed E-state index contributed by atoms with van der Waals surface area (Å²) >= 11 is 1.86. The van der Waals surface area contributed by atoms with E-state index in [1.54, 1.807) is 32.0 Å². The van der Waals surface area contributed by atoms with Crippen molar-refractivity contribution in [3.8, 4) is 0 Å². The second-order valence-electron chi connectivity index (χ2n) is 6.46. The SMILES string of the molecule is CC(C(=O)O)c1ccc(I)c(F)c1.CCC(C)(C(=O)O)c1ccc(N)c(F)c1. The molecule has 2 rings (SSSR count). The first-order valence-electron chi connectivity index (χ1n) is 8.40. The standard InChI is InChI=1S/C11H14FNO2.C9H8FIO2/c1-3-11(2,10(14)15)7-4-5-9(13)8(12)6-7;1-5(9(12)13)6-2-3-8(11)7(10)4-6/h4-6H,3,13H2,1-2H3,(H,14,15);2-5H,1H3,(H,12,13). The predicted molar refractivity (Wildman–Crippen MR) is 111 cm³/mol. The summed E-state index contributed by atoms with van der Waals surface area (Å²) in [4.78, 5) is 21.7. The van der Waals surface area contributed by atoms with Crippen LogP contribution in [0, 0.1) is 15.2 Å². The average Bonchev–Trinajstić information content (AvgIpc) is 2.65. The fourth-order valence-corrected chi connectivity index (χ4v) is 2.61. The van der Waals surface area contributed by atoms with E-state index in [1.165, 1.54) is 25.1 Å². The minimum absolute atomic E-state index is 0.0302. The predicted octanol–water partition coefficient (Wildman–Crippen LogP) is 4.78. The summed E-state index contributed by atoms with van der Waals surface area (Å²) in [5.74, 6) is -3.51. The molecule has 2 aromatic rings. The molecule has 2 unspecified atom stereocenters. The molecule has 0 spiro atoms. The van der Waals surface area contributed by atoms with Crippen LogP contribution in [0.4, 0.5) is 14.5 Å². The fraction of sp³-hybridized carbons (Fsp3) is 0.300. The third-order valence-corrected chi connectivity index (χ3v) is 5.51. The molecule has 2 atom stereocenters. The first-order valence-corrected chi connectivity index (χ1v) is 9.48. The van der Waals surface area contributed by atoms with Crippen molar-refractivity contribution >= 4 is 40.2 Å². The van der Waals surface area contributed by atoms with Gasteiger partial charge in [0.05, 0.1) is 17.0 Å². The van der Waals surface area contributed by atoms with Crippen molar-refractivity contribution in [1.82, 2.24) is 0 Å². The molecule has 152 valence electrons. The number of anilines is 1. The van der Waals surface area contributed by atoms with Crippen molar-refractivity contribution in [3.05, 3.63) is 62.7 Å². The monoisotopic (exact) mass is 505 g/mol. The highest BCUT2D eigenvalue weighted by atomic mass is 127. The van der Waals surface area contributed by atoms with Gasteiger partial charge in [0.15, 0.2) is 0 Å². The molecule has 0 fully saturated rings. The number of carboxylic acids is 2. The van der Waals surface area contributed by atoms with E-state index in [1.807, 2.05) is 22.6 Å². The van der Waals surface area contributed by atoms with E-state index < -0.39 is 29.1 Å². The van der Waals surface area contributed by atoms with Crippen molar-refractivity contribution in [2.24, 2.45) is 0 Å². The number of aliphatic carboxylic acids is 2.